The Morgan fingerprint density at radius 3 is 1.33 bits per heavy atom. The summed E-state index contributed by atoms with van der Waals surface area (Å²) in [6.45, 7) is 5.79. The summed E-state index contributed by atoms with van der Waals surface area (Å²) in [5.74, 6) is -1.20. The van der Waals surface area contributed by atoms with Crippen molar-refractivity contribution in [2.45, 2.75) is 359 Å². The van der Waals surface area contributed by atoms with Gasteiger partial charge in [-0.25, -0.2) is 0 Å². The number of esters is 1. The molecule has 1 aliphatic rings. The summed E-state index contributed by atoms with van der Waals surface area (Å²) in [4.78, 5) is 26.6. The molecule has 0 aliphatic carbocycles. The molecule has 79 heavy (non-hydrogen) atoms. The number of carbonyl (C=O) groups excluding carboxylic acids is 2. The molecule has 0 radical (unpaired) electrons. The monoisotopic (exact) mass is 1120 g/mol. The van der Waals surface area contributed by atoms with Crippen molar-refractivity contribution in [2.75, 3.05) is 13.2 Å². The fourth-order valence-electron chi connectivity index (χ4n) is 10.4. The molecule has 0 aromatic rings. The maximum atomic E-state index is 13.4. The van der Waals surface area contributed by atoms with Crippen LogP contribution in [0.5, 0.6) is 0 Å². The Labute approximate surface area is 485 Å². The first-order chi connectivity index (χ1) is 38.7. The van der Waals surface area contributed by atoms with Crippen LogP contribution in [0.25, 0.3) is 0 Å². The quantitative estimate of drug-likeness (QED) is 0.0195. The summed E-state index contributed by atoms with van der Waals surface area (Å²) in [5.41, 5.74) is 0. The van der Waals surface area contributed by atoms with Gasteiger partial charge in [0, 0.05) is 6.42 Å². The molecule has 0 aromatic heterocycles. The number of unbranched alkanes of at least 4 members (excludes halogenated alkanes) is 37. The third-order valence-corrected chi connectivity index (χ3v) is 15.7. The number of amides is 1. The van der Waals surface area contributed by atoms with Crippen LogP contribution in [-0.4, -0.2) is 99.6 Å². The minimum absolute atomic E-state index is 0.126. The minimum Gasteiger partial charge on any atom is -0.454 e. The molecule has 0 spiro atoms. The molecule has 11 heteroatoms. The SMILES string of the molecule is CCCCC/C=C\C/C=C\C/C=C\CCCCCCCC(O)C(=O)NC(COC1OC(CO)C(O)C(O)C1OC(=O)CCCCCCCCCCCCCCCCCCCCC)C(O)/C=C/CCCCCCCCCCCCC. The van der Waals surface area contributed by atoms with Crippen LogP contribution in [0.3, 0.4) is 0 Å². The maximum absolute atomic E-state index is 13.4. The van der Waals surface area contributed by atoms with Crippen LogP contribution in [-0.2, 0) is 23.8 Å². The summed E-state index contributed by atoms with van der Waals surface area (Å²) in [6, 6.07) is -1.03. The van der Waals surface area contributed by atoms with E-state index in [0.29, 0.717) is 12.8 Å². The van der Waals surface area contributed by atoms with Gasteiger partial charge in [-0.2, -0.15) is 0 Å². The lowest BCUT2D eigenvalue weighted by molar-refractivity contribution is -0.305. The van der Waals surface area contributed by atoms with Crippen molar-refractivity contribution in [1.29, 1.82) is 0 Å². The number of nitrogens with one attached hydrogen (secondary N) is 1. The van der Waals surface area contributed by atoms with Crippen molar-refractivity contribution in [3.05, 3.63) is 48.6 Å². The lowest BCUT2D eigenvalue weighted by atomic mass is 9.99. The van der Waals surface area contributed by atoms with Gasteiger partial charge in [-0.15, -0.1) is 0 Å². The standard InChI is InChI=1S/C68H125NO10/c1-4-7-10-13-16-19-22-25-27-29-31-33-35-38-41-44-47-50-53-56-63(73)79-66-65(75)64(74)62(57-70)78-68(66)77-58-59(60(71)54-51-48-45-42-39-36-24-21-18-15-12-9-6-3)69-67(76)61(72)55-52-49-46-43-40-37-34-32-30-28-26-23-20-17-14-11-8-5-2/h17,20,26,28,32,34,51,54,59-62,64-66,68,70-72,74-75H,4-16,18-19,21-25,27,29-31,33,35-50,52-53,55-58H2,1-3H3,(H,69,76)/b20-17-,28-26-,34-32-,54-51+. The number of ether oxygens (including phenoxy) is 3. The molecule has 1 saturated heterocycles. The molecule has 0 bridgehead atoms. The van der Waals surface area contributed by atoms with E-state index >= 15 is 0 Å². The topological polar surface area (TPSA) is 175 Å². The van der Waals surface area contributed by atoms with E-state index in [1.54, 1.807) is 6.08 Å². The van der Waals surface area contributed by atoms with Gasteiger partial charge in [-0.1, -0.05) is 288 Å². The predicted octanol–water partition coefficient (Wildman–Crippen LogP) is 16.4. The van der Waals surface area contributed by atoms with E-state index in [4.69, 9.17) is 14.2 Å². The van der Waals surface area contributed by atoms with Crippen LogP contribution in [0.15, 0.2) is 48.6 Å². The molecule has 6 N–H and O–H groups in total. The smallest absolute Gasteiger partial charge is 0.306 e. The molecule has 1 rings (SSSR count). The maximum Gasteiger partial charge on any atom is 0.306 e. The van der Waals surface area contributed by atoms with Crippen molar-refractivity contribution in [3.63, 3.8) is 0 Å². The van der Waals surface area contributed by atoms with Crippen LogP contribution in [0, 0.1) is 0 Å². The van der Waals surface area contributed by atoms with Crippen LogP contribution in [0.2, 0.25) is 0 Å². The van der Waals surface area contributed by atoms with Gasteiger partial charge < -0.3 is 45.1 Å². The third kappa shape index (κ3) is 43.9. The molecule has 462 valence electrons. The van der Waals surface area contributed by atoms with Gasteiger partial charge in [0.1, 0.15) is 24.4 Å². The zero-order chi connectivity index (χ0) is 57.5. The molecule has 1 fully saturated rings. The molecule has 1 amide bonds. The Morgan fingerprint density at radius 1 is 0.494 bits per heavy atom. The van der Waals surface area contributed by atoms with Gasteiger partial charge in [0.05, 0.1) is 25.4 Å². The van der Waals surface area contributed by atoms with E-state index in [9.17, 15) is 35.1 Å². The van der Waals surface area contributed by atoms with Crippen LogP contribution in [0.4, 0.5) is 0 Å². The van der Waals surface area contributed by atoms with Gasteiger partial charge in [-0.05, 0) is 64.2 Å². The van der Waals surface area contributed by atoms with Crippen molar-refractivity contribution < 1.29 is 49.3 Å². The highest BCUT2D eigenvalue weighted by Crippen LogP contribution is 2.26. The van der Waals surface area contributed by atoms with E-state index < -0.39 is 67.4 Å². The van der Waals surface area contributed by atoms with E-state index in [1.165, 1.54) is 180 Å². The van der Waals surface area contributed by atoms with Crippen LogP contribution >= 0.6 is 0 Å². The molecule has 0 saturated carbocycles. The van der Waals surface area contributed by atoms with Gasteiger partial charge >= 0.3 is 5.97 Å². The van der Waals surface area contributed by atoms with E-state index in [-0.39, 0.29) is 19.4 Å². The molecule has 8 atom stereocenters. The molecular weight excluding hydrogens is 991 g/mol. The second-order valence-electron chi connectivity index (χ2n) is 23.2. The number of aliphatic hydroxyl groups excluding tert-OH is 5. The summed E-state index contributed by atoms with van der Waals surface area (Å²) >= 11 is 0. The van der Waals surface area contributed by atoms with E-state index in [2.05, 4.69) is 62.5 Å². The molecule has 11 nitrogen and oxygen atoms in total. The first-order valence-corrected chi connectivity index (χ1v) is 33.4. The zero-order valence-electron chi connectivity index (χ0n) is 51.2. The summed E-state index contributed by atoms with van der Waals surface area (Å²) in [6.07, 6.45) is 58.5. The zero-order valence-corrected chi connectivity index (χ0v) is 51.2. The van der Waals surface area contributed by atoms with Crippen LogP contribution in [0.1, 0.15) is 310 Å². The van der Waals surface area contributed by atoms with Gasteiger partial charge in [0.2, 0.25) is 5.91 Å². The summed E-state index contributed by atoms with van der Waals surface area (Å²) in [7, 11) is 0. The fourth-order valence-corrected chi connectivity index (χ4v) is 10.4. The first kappa shape index (κ1) is 74.6. The molecule has 8 unspecified atom stereocenters. The lowest BCUT2D eigenvalue weighted by Crippen LogP contribution is -2.61. The van der Waals surface area contributed by atoms with Gasteiger partial charge in [0.25, 0.3) is 0 Å². The molecular formula is C68H125NO10. The number of allylic oxidation sites excluding steroid dienone is 7. The largest absolute Gasteiger partial charge is 0.454 e. The third-order valence-electron chi connectivity index (χ3n) is 15.7. The Morgan fingerprint density at radius 2 is 0.873 bits per heavy atom. The Hall–Kier alpha value is -2.38. The average Bonchev–Trinajstić information content (AvgIpc) is 3.49. The number of aliphatic hydroxyl groups is 5. The van der Waals surface area contributed by atoms with Gasteiger partial charge in [-0.3, -0.25) is 9.59 Å². The lowest BCUT2D eigenvalue weighted by Gasteiger charge is -2.41. The van der Waals surface area contributed by atoms with E-state index in [1.807, 2.05) is 6.08 Å². The Kier molecular flexibility index (Phi) is 53.0. The molecule has 0 aromatic carbocycles. The minimum atomic E-state index is -1.61. The second-order valence-corrected chi connectivity index (χ2v) is 23.2. The normalized spacial score (nSPS) is 19.1. The van der Waals surface area contributed by atoms with Crippen LogP contribution < -0.4 is 5.32 Å². The fraction of sp³-hybridized carbons (Fsp3) is 0.853. The number of hydrogen-bond acceptors (Lipinski definition) is 10. The van der Waals surface area contributed by atoms with Crippen molar-refractivity contribution >= 4 is 11.9 Å². The average molecular weight is 1120 g/mol. The number of rotatable bonds is 57. The van der Waals surface area contributed by atoms with Crippen molar-refractivity contribution in [3.8, 4) is 0 Å². The number of hydrogen-bond donors (Lipinski definition) is 6. The van der Waals surface area contributed by atoms with E-state index in [0.717, 1.165) is 83.5 Å². The highest BCUT2D eigenvalue weighted by molar-refractivity contribution is 5.80. The molecule has 1 aliphatic heterocycles. The van der Waals surface area contributed by atoms with Gasteiger partial charge in [0.15, 0.2) is 12.4 Å². The highest BCUT2D eigenvalue weighted by Gasteiger charge is 2.47. The summed E-state index contributed by atoms with van der Waals surface area (Å²) < 4.78 is 17.7. The predicted molar refractivity (Wildman–Crippen MR) is 329 cm³/mol. The van der Waals surface area contributed by atoms with Crippen molar-refractivity contribution in [1.82, 2.24) is 5.32 Å². The molecule has 1 heterocycles. The Bertz CT molecular complexity index is 1470. The number of carbonyl (C=O) groups is 2. The second kappa shape index (κ2) is 56.1. The first-order valence-electron chi connectivity index (χ1n) is 33.4. The van der Waals surface area contributed by atoms with Crippen molar-refractivity contribution in [2.24, 2.45) is 0 Å². The highest BCUT2D eigenvalue weighted by atomic mass is 16.7. The summed E-state index contributed by atoms with van der Waals surface area (Å²) in [5, 5.41) is 57.1. The Balaban J connectivity index is 2.65.